The van der Waals surface area contributed by atoms with Crippen LogP contribution in [0.2, 0.25) is 0 Å². The number of aryl methyl sites for hydroxylation is 2. The van der Waals surface area contributed by atoms with Crippen molar-refractivity contribution >= 4 is 10.0 Å². The Morgan fingerprint density at radius 1 is 1.35 bits per heavy atom. The van der Waals surface area contributed by atoms with Gasteiger partial charge in [-0.15, -0.1) is 0 Å². The van der Waals surface area contributed by atoms with Crippen molar-refractivity contribution in [3.05, 3.63) is 29.1 Å². The summed E-state index contributed by atoms with van der Waals surface area (Å²) >= 11 is 0. The molecule has 0 aliphatic heterocycles. The highest BCUT2D eigenvalue weighted by Crippen LogP contribution is 2.21. The van der Waals surface area contributed by atoms with Gasteiger partial charge in [0.15, 0.2) is 0 Å². The lowest BCUT2D eigenvalue weighted by molar-refractivity contribution is 0.198. The number of rotatable bonds is 4. The van der Waals surface area contributed by atoms with Gasteiger partial charge >= 0.3 is 0 Å². The number of benzene rings is 1. The molecule has 0 bridgehead atoms. The van der Waals surface area contributed by atoms with Crippen LogP contribution in [0.15, 0.2) is 17.0 Å². The van der Waals surface area contributed by atoms with Gasteiger partial charge in [0.2, 0.25) is 10.0 Å². The minimum absolute atomic E-state index is 0.0690. The smallest absolute Gasteiger partial charge is 0.241 e. The van der Waals surface area contributed by atoms with E-state index in [1.807, 2.05) is 0 Å². The molecule has 0 amide bonds. The molecule has 17 heavy (non-hydrogen) atoms. The van der Waals surface area contributed by atoms with E-state index in [9.17, 15) is 12.8 Å². The van der Waals surface area contributed by atoms with E-state index in [4.69, 9.17) is 5.11 Å². The first kappa shape index (κ1) is 14.1. The average molecular weight is 261 g/mol. The molecule has 4 nitrogen and oxygen atoms in total. The molecule has 0 radical (unpaired) electrons. The van der Waals surface area contributed by atoms with Gasteiger partial charge in [0.1, 0.15) is 5.82 Å². The molecule has 0 saturated carbocycles. The zero-order chi connectivity index (χ0) is 13.2. The second-order valence-electron chi connectivity index (χ2n) is 4.07. The maximum atomic E-state index is 13.1. The minimum Gasteiger partial charge on any atom is -0.392 e. The summed E-state index contributed by atoms with van der Waals surface area (Å²) in [5.41, 5.74) is 0.696. The van der Waals surface area contributed by atoms with E-state index in [1.54, 1.807) is 0 Å². The van der Waals surface area contributed by atoms with Crippen LogP contribution in [0.3, 0.4) is 0 Å². The number of hydrogen-bond acceptors (Lipinski definition) is 3. The highest BCUT2D eigenvalue weighted by molar-refractivity contribution is 7.89. The molecule has 1 rings (SSSR count). The number of nitrogens with one attached hydrogen (secondary N) is 1. The maximum absolute atomic E-state index is 13.1. The van der Waals surface area contributed by atoms with Crippen LogP contribution in [-0.4, -0.2) is 26.2 Å². The predicted molar refractivity (Wildman–Crippen MR) is 62.7 cm³/mol. The van der Waals surface area contributed by atoms with E-state index in [0.717, 1.165) is 0 Å². The fourth-order valence-electron chi connectivity index (χ4n) is 1.62. The SMILES string of the molecule is Cc1cc(F)cc(C)c1S(=O)(=O)NC[C@@H](C)O. The number of hydrogen-bond donors (Lipinski definition) is 2. The van der Waals surface area contributed by atoms with Crippen LogP contribution in [0, 0.1) is 19.7 Å². The zero-order valence-electron chi connectivity index (χ0n) is 9.99. The van der Waals surface area contributed by atoms with Crippen molar-refractivity contribution in [3.8, 4) is 0 Å². The first-order valence-electron chi connectivity index (χ1n) is 5.18. The molecule has 96 valence electrons. The standard InChI is InChI=1S/C11H16FNO3S/c1-7-4-10(12)5-8(2)11(7)17(15,16)13-6-9(3)14/h4-5,9,13-14H,6H2,1-3H3/t9-/m1/s1. The summed E-state index contributed by atoms with van der Waals surface area (Å²) in [4.78, 5) is 0.0690. The van der Waals surface area contributed by atoms with Crippen molar-refractivity contribution in [2.75, 3.05) is 6.54 Å². The third-order valence-corrected chi connectivity index (χ3v) is 3.99. The number of sulfonamides is 1. The second-order valence-corrected chi connectivity index (χ2v) is 5.77. The van der Waals surface area contributed by atoms with Crippen LogP contribution in [0.25, 0.3) is 0 Å². The minimum atomic E-state index is -3.71. The van der Waals surface area contributed by atoms with E-state index in [1.165, 1.54) is 32.9 Å². The lowest BCUT2D eigenvalue weighted by atomic mass is 10.1. The van der Waals surface area contributed by atoms with E-state index < -0.39 is 21.9 Å². The van der Waals surface area contributed by atoms with Crippen LogP contribution in [0.5, 0.6) is 0 Å². The Labute approximate surface area is 101 Å². The molecule has 1 atom stereocenters. The molecule has 0 aliphatic carbocycles. The Hall–Kier alpha value is -0.980. The van der Waals surface area contributed by atoms with E-state index >= 15 is 0 Å². The molecule has 6 heteroatoms. The van der Waals surface area contributed by atoms with Gasteiger partial charge in [-0.05, 0) is 44.0 Å². The largest absolute Gasteiger partial charge is 0.392 e. The Morgan fingerprint density at radius 2 is 1.82 bits per heavy atom. The number of halogens is 1. The molecule has 1 aromatic carbocycles. The topological polar surface area (TPSA) is 66.4 Å². The molecule has 0 aliphatic rings. The number of aliphatic hydroxyl groups excluding tert-OH is 1. The summed E-state index contributed by atoms with van der Waals surface area (Å²) in [6, 6.07) is 2.34. The van der Waals surface area contributed by atoms with Crippen LogP contribution >= 0.6 is 0 Å². The molecule has 0 unspecified atom stereocenters. The van der Waals surface area contributed by atoms with Crippen LogP contribution < -0.4 is 4.72 Å². The fourth-order valence-corrected chi connectivity index (χ4v) is 3.19. The lowest BCUT2D eigenvalue weighted by Gasteiger charge is -2.13. The normalized spacial score (nSPS) is 13.7. The first-order valence-corrected chi connectivity index (χ1v) is 6.67. The summed E-state index contributed by atoms with van der Waals surface area (Å²) in [5.74, 6) is -0.463. The van der Waals surface area contributed by atoms with Gasteiger partial charge in [-0.2, -0.15) is 0 Å². The Morgan fingerprint density at radius 3 is 2.24 bits per heavy atom. The van der Waals surface area contributed by atoms with E-state index in [-0.39, 0.29) is 11.4 Å². The molecule has 0 spiro atoms. The number of aliphatic hydroxyl groups is 1. The van der Waals surface area contributed by atoms with Crippen LogP contribution in [0.1, 0.15) is 18.1 Å². The summed E-state index contributed by atoms with van der Waals surface area (Å²) in [6.45, 7) is 4.48. The first-order chi connectivity index (χ1) is 7.74. The molecule has 0 fully saturated rings. The molecule has 0 aromatic heterocycles. The van der Waals surface area contributed by atoms with Crippen LogP contribution in [0.4, 0.5) is 4.39 Å². The van der Waals surface area contributed by atoms with Gasteiger partial charge in [0.05, 0.1) is 11.0 Å². The van der Waals surface area contributed by atoms with Gasteiger partial charge < -0.3 is 5.11 Å². The molecular formula is C11H16FNO3S. The van der Waals surface area contributed by atoms with Gasteiger partial charge in [0, 0.05) is 6.54 Å². The maximum Gasteiger partial charge on any atom is 0.241 e. The Kier molecular flexibility index (Phi) is 4.24. The van der Waals surface area contributed by atoms with Gasteiger partial charge in [0.25, 0.3) is 0 Å². The van der Waals surface area contributed by atoms with Gasteiger partial charge in [-0.3, -0.25) is 0 Å². The highest BCUT2D eigenvalue weighted by atomic mass is 32.2. The van der Waals surface area contributed by atoms with Crippen molar-refractivity contribution in [1.29, 1.82) is 0 Å². The van der Waals surface area contributed by atoms with E-state index in [2.05, 4.69) is 4.72 Å². The summed E-state index contributed by atoms with van der Waals surface area (Å²) < 4.78 is 39.2. The Balaban J connectivity index is 3.16. The molecule has 0 saturated heterocycles. The van der Waals surface area contributed by atoms with E-state index in [0.29, 0.717) is 11.1 Å². The van der Waals surface area contributed by atoms with Gasteiger partial charge in [-0.1, -0.05) is 0 Å². The summed E-state index contributed by atoms with van der Waals surface area (Å²) in [5, 5.41) is 9.06. The monoisotopic (exact) mass is 261 g/mol. The van der Waals surface area contributed by atoms with Crippen molar-refractivity contribution in [3.63, 3.8) is 0 Å². The zero-order valence-corrected chi connectivity index (χ0v) is 10.8. The lowest BCUT2D eigenvalue weighted by Crippen LogP contribution is -2.31. The molecule has 0 heterocycles. The average Bonchev–Trinajstić information content (AvgIpc) is 2.12. The van der Waals surface area contributed by atoms with Crippen molar-refractivity contribution in [2.45, 2.75) is 31.8 Å². The van der Waals surface area contributed by atoms with Crippen molar-refractivity contribution in [1.82, 2.24) is 4.72 Å². The fraction of sp³-hybridized carbons (Fsp3) is 0.455. The summed E-state index contributed by atoms with van der Waals surface area (Å²) in [6.07, 6.45) is -0.772. The predicted octanol–water partition coefficient (Wildman–Crippen LogP) is 1.10. The van der Waals surface area contributed by atoms with Crippen LogP contribution in [-0.2, 0) is 10.0 Å². The third kappa shape index (κ3) is 3.49. The molecular weight excluding hydrogens is 245 g/mol. The molecule has 2 N–H and O–H groups in total. The van der Waals surface area contributed by atoms with Gasteiger partial charge in [-0.25, -0.2) is 17.5 Å². The second kappa shape index (κ2) is 5.12. The summed E-state index contributed by atoms with van der Waals surface area (Å²) in [7, 11) is -3.71. The third-order valence-electron chi connectivity index (χ3n) is 2.26. The molecule has 1 aromatic rings. The quantitative estimate of drug-likeness (QED) is 0.853. The van der Waals surface area contributed by atoms with Crippen molar-refractivity contribution in [2.24, 2.45) is 0 Å². The highest BCUT2D eigenvalue weighted by Gasteiger charge is 2.20. The van der Waals surface area contributed by atoms with Crippen molar-refractivity contribution < 1.29 is 17.9 Å². The Bertz CT molecular complexity index is 488.